The Labute approximate surface area is 194 Å². The molecule has 5 rings (SSSR count). The van der Waals surface area contributed by atoms with Gasteiger partial charge in [-0.3, -0.25) is 9.59 Å². The fourth-order valence-corrected chi connectivity index (χ4v) is 5.38. The molecule has 2 heterocycles. The lowest BCUT2D eigenvalue weighted by molar-refractivity contribution is -0.137. The highest BCUT2D eigenvalue weighted by Gasteiger charge is 2.37. The molecular weight excluding hydrogens is 412 g/mol. The molecule has 5 nitrogen and oxygen atoms in total. The molecule has 0 N–H and O–H groups in total. The Bertz CT molecular complexity index is 1150. The van der Waals surface area contributed by atoms with E-state index in [1.54, 1.807) is 7.11 Å². The Morgan fingerprint density at radius 1 is 0.879 bits per heavy atom. The van der Waals surface area contributed by atoms with Gasteiger partial charge in [0, 0.05) is 25.2 Å². The molecule has 2 amide bonds. The molecule has 0 spiro atoms. The van der Waals surface area contributed by atoms with Crippen LogP contribution in [0.1, 0.15) is 47.6 Å². The van der Waals surface area contributed by atoms with Crippen LogP contribution in [-0.2, 0) is 4.79 Å². The van der Waals surface area contributed by atoms with E-state index >= 15 is 0 Å². The zero-order valence-electron chi connectivity index (χ0n) is 19.1. The molecule has 2 unspecified atom stereocenters. The van der Waals surface area contributed by atoms with Gasteiger partial charge < -0.3 is 14.5 Å². The van der Waals surface area contributed by atoms with Crippen LogP contribution in [0.3, 0.4) is 0 Å². The first-order valence-electron chi connectivity index (χ1n) is 11.9. The standard InChI is InChI=1S/C28H30N2O3/c1-33-23-15-13-21(14-16-23)26-12-6-18-30(26)27(31)22-9-5-17-29(19-22)28(32)25-11-4-8-20-7-2-3-10-24(20)25/h2-4,7-8,10-11,13-16,22,26H,5-6,9,12,17-19H2,1H3. The molecule has 0 radical (unpaired) electrons. The third-order valence-electron chi connectivity index (χ3n) is 7.11. The molecule has 2 fully saturated rings. The smallest absolute Gasteiger partial charge is 0.254 e. The maximum Gasteiger partial charge on any atom is 0.254 e. The average Bonchev–Trinajstić information content (AvgIpc) is 3.37. The summed E-state index contributed by atoms with van der Waals surface area (Å²) >= 11 is 0. The monoisotopic (exact) mass is 442 g/mol. The molecule has 3 aromatic rings. The second-order valence-corrected chi connectivity index (χ2v) is 9.08. The van der Waals surface area contributed by atoms with E-state index in [4.69, 9.17) is 4.74 Å². The molecule has 2 aliphatic heterocycles. The predicted octanol–water partition coefficient (Wildman–Crippen LogP) is 5.06. The van der Waals surface area contributed by atoms with Crippen molar-refractivity contribution in [3.8, 4) is 5.75 Å². The maximum absolute atomic E-state index is 13.6. The molecule has 2 atom stereocenters. The molecule has 33 heavy (non-hydrogen) atoms. The van der Waals surface area contributed by atoms with Gasteiger partial charge in [0.2, 0.25) is 5.91 Å². The summed E-state index contributed by atoms with van der Waals surface area (Å²) in [7, 11) is 1.66. The number of amides is 2. The van der Waals surface area contributed by atoms with E-state index < -0.39 is 0 Å². The number of benzene rings is 3. The zero-order valence-corrected chi connectivity index (χ0v) is 19.1. The SMILES string of the molecule is COc1ccc(C2CCCN2C(=O)C2CCCN(C(=O)c3cccc4ccccc34)C2)cc1. The summed E-state index contributed by atoms with van der Waals surface area (Å²) < 4.78 is 5.28. The maximum atomic E-state index is 13.6. The normalized spacial score (nSPS) is 20.8. The van der Waals surface area contributed by atoms with Crippen LogP contribution in [0.2, 0.25) is 0 Å². The highest BCUT2D eigenvalue weighted by atomic mass is 16.5. The molecule has 2 aliphatic rings. The van der Waals surface area contributed by atoms with Crippen molar-refractivity contribution in [1.29, 1.82) is 0 Å². The topological polar surface area (TPSA) is 49.9 Å². The Morgan fingerprint density at radius 2 is 1.64 bits per heavy atom. The Kier molecular flexibility index (Phi) is 6.03. The first-order chi connectivity index (χ1) is 16.2. The van der Waals surface area contributed by atoms with E-state index in [1.165, 1.54) is 0 Å². The lowest BCUT2D eigenvalue weighted by Crippen LogP contribution is -2.46. The molecular formula is C28H30N2O3. The van der Waals surface area contributed by atoms with Crippen LogP contribution >= 0.6 is 0 Å². The third-order valence-corrected chi connectivity index (χ3v) is 7.11. The second-order valence-electron chi connectivity index (χ2n) is 9.08. The van der Waals surface area contributed by atoms with Gasteiger partial charge in [0.25, 0.3) is 5.91 Å². The fourth-order valence-electron chi connectivity index (χ4n) is 5.38. The fraction of sp³-hybridized carbons (Fsp3) is 0.357. The summed E-state index contributed by atoms with van der Waals surface area (Å²) in [6.07, 6.45) is 3.68. The van der Waals surface area contributed by atoms with Crippen LogP contribution < -0.4 is 4.74 Å². The highest BCUT2D eigenvalue weighted by Crippen LogP contribution is 2.35. The number of nitrogens with zero attached hydrogens (tertiary/aromatic N) is 2. The Hall–Kier alpha value is -3.34. The van der Waals surface area contributed by atoms with Gasteiger partial charge in [0.15, 0.2) is 0 Å². The van der Waals surface area contributed by atoms with Gasteiger partial charge in [-0.15, -0.1) is 0 Å². The van der Waals surface area contributed by atoms with Gasteiger partial charge in [-0.2, -0.15) is 0 Å². The lowest BCUT2D eigenvalue weighted by Gasteiger charge is -2.36. The zero-order chi connectivity index (χ0) is 22.8. The van der Waals surface area contributed by atoms with Gasteiger partial charge >= 0.3 is 0 Å². The first-order valence-corrected chi connectivity index (χ1v) is 11.9. The van der Waals surface area contributed by atoms with Crippen molar-refractivity contribution >= 4 is 22.6 Å². The number of hydrogen-bond donors (Lipinski definition) is 0. The molecule has 3 aromatic carbocycles. The van der Waals surface area contributed by atoms with E-state index in [2.05, 4.69) is 12.1 Å². The van der Waals surface area contributed by atoms with Gasteiger partial charge in [-0.1, -0.05) is 48.5 Å². The number of carbonyl (C=O) groups is 2. The summed E-state index contributed by atoms with van der Waals surface area (Å²) in [5, 5.41) is 2.03. The summed E-state index contributed by atoms with van der Waals surface area (Å²) in [5.41, 5.74) is 1.87. The molecule has 2 saturated heterocycles. The minimum Gasteiger partial charge on any atom is -0.497 e. The van der Waals surface area contributed by atoms with Crippen molar-refractivity contribution in [2.24, 2.45) is 5.92 Å². The summed E-state index contributed by atoms with van der Waals surface area (Å²) in [4.78, 5) is 30.9. The van der Waals surface area contributed by atoms with Crippen LogP contribution in [0.15, 0.2) is 66.7 Å². The third kappa shape index (κ3) is 4.20. The molecule has 0 aromatic heterocycles. The second kappa shape index (κ2) is 9.26. The van der Waals surface area contributed by atoms with E-state index in [9.17, 15) is 9.59 Å². The summed E-state index contributed by atoms with van der Waals surface area (Å²) in [6.45, 7) is 1.98. The van der Waals surface area contributed by atoms with Crippen LogP contribution in [-0.4, -0.2) is 48.4 Å². The van der Waals surface area contributed by atoms with E-state index in [1.807, 2.05) is 64.4 Å². The average molecular weight is 443 g/mol. The van der Waals surface area contributed by atoms with Crippen molar-refractivity contribution in [2.45, 2.75) is 31.7 Å². The molecule has 5 heteroatoms. The van der Waals surface area contributed by atoms with Crippen molar-refractivity contribution in [2.75, 3.05) is 26.7 Å². The molecule has 0 aliphatic carbocycles. The van der Waals surface area contributed by atoms with Crippen LogP contribution in [0, 0.1) is 5.92 Å². The number of fused-ring (bicyclic) bond motifs is 1. The van der Waals surface area contributed by atoms with Gasteiger partial charge in [0.1, 0.15) is 5.75 Å². The Morgan fingerprint density at radius 3 is 2.45 bits per heavy atom. The van der Waals surface area contributed by atoms with Crippen LogP contribution in [0.5, 0.6) is 5.75 Å². The number of piperidine rings is 1. The summed E-state index contributed by atoms with van der Waals surface area (Å²) in [5.74, 6) is 0.891. The number of methoxy groups -OCH3 is 1. The number of carbonyl (C=O) groups excluding carboxylic acids is 2. The Balaban J connectivity index is 1.32. The van der Waals surface area contributed by atoms with Gasteiger partial charge in [-0.25, -0.2) is 0 Å². The van der Waals surface area contributed by atoms with Crippen LogP contribution in [0.25, 0.3) is 10.8 Å². The number of rotatable bonds is 4. The van der Waals surface area contributed by atoms with E-state index in [-0.39, 0.29) is 23.8 Å². The molecule has 170 valence electrons. The number of hydrogen-bond acceptors (Lipinski definition) is 3. The van der Waals surface area contributed by atoms with Crippen molar-refractivity contribution in [3.63, 3.8) is 0 Å². The van der Waals surface area contributed by atoms with Crippen molar-refractivity contribution in [3.05, 3.63) is 77.9 Å². The van der Waals surface area contributed by atoms with Crippen molar-refractivity contribution < 1.29 is 14.3 Å². The van der Waals surface area contributed by atoms with E-state index in [0.717, 1.165) is 59.9 Å². The predicted molar refractivity (Wildman–Crippen MR) is 129 cm³/mol. The number of ether oxygens (including phenoxy) is 1. The van der Waals surface area contributed by atoms with Crippen molar-refractivity contribution in [1.82, 2.24) is 9.80 Å². The van der Waals surface area contributed by atoms with E-state index in [0.29, 0.717) is 13.1 Å². The minimum absolute atomic E-state index is 0.0254. The lowest BCUT2D eigenvalue weighted by atomic mass is 9.94. The largest absolute Gasteiger partial charge is 0.497 e. The van der Waals surface area contributed by atoms with Gasteiger partial charge in [0.05, 0.1) is 19.1 Å². The van der Waals surface area contributed by atoms with Gasteiger partial charge in [-0.05, 0) is 60.2 Å². The van der Waals surface area contributed by atoms with Crippen LogP contribution in [0.4, 0.5) is 0 Å². The highest BCUT2D eigenvalue weighted by molar-refractivity contribution is 6.07. The number of likely N-dealkylation sites (tertiary alicyclic amines) is 2. The molecule has 0 bridgehead atoms. The summed E-state index contributed by atoms with van der Waals surface area (Å²) in [6, 6.07) is 22.0. The molecule has 0 saturated carbocycles. The minimum atomic E-state index is -0.142. The quantitative estimate of drug-likeness (QED) is 0.567. The first kappa shape index (κ1) is 21.5.